The molecule has 0 spiro atoms. The van der Waals surface area contributed by atoms with Crippen LogP contribution < -0.4 is 9.47 Å². The third-order valence-corrected chi connectivity index (χ3v) is 5.87. The molecule has 0 N–H and O–H groups in total. The summed E-state index contributed by atoms with van der Waals surface area (Å²) in [5.41, 5.74) is 4.05. The molecule has 1 fully saturated rings. The Balaban J connectivity index is 1.45. The zero-order valence-corrected chi connectivity index (χ0v) is 18.2. The summed E-state index contributed by atoms with van der Waals surface area (Å²) >= 11 is 0. The quantitative estimate of drug-likeness (QED) is 0.595. The number of ether oxygens (including phenoxy) is 2. The van der Waals surface area contributed by atoms with E-state index in [1.807, 2.05) is 55.9 Å². The minimum atomic E-state index is -0.110. The third-order valence-electron chi connectivity index (χ3n) is 5.87. The number of nitrogens with zero attached hydrogens (tertiary/aromatic N) is 4. The van der Waals surface area contributed by atoms with Crippen LogP contribution in [0.25, 0.3) is 11.0 Å². The van der Waals surface area contributed by atoms with E-state index < -0.39 is 0 Å². The van der Waals surface area contributed by atoms with Crippen LogP contribution >= 0.6 is 0 Å². The third kappa shape index (κ3) is 3.84. The van der Waals surface area contributed by atoms with Crippen LogP contribution in [0.3, 0.4) is 0 Å². The first-order valence-electron chi connectivity index (χ1n) is 10.3. The van der Waals surface area contributed by atoms with Crippen LogP contribution in [0.4, 0.5) is 0 Å². The standard InChI is InChI=1S/C23H28N4O3/c1-14-12-19(24-23-21(14)22(17-6-7-17)25-27(23)4)30-13-20(28)26(3)15(2)16-8-10-18(29-5)11-9-16/h8-12,15,17H,6-7,13H2,1-5H3/t15-/m0/s1. The van der Waals surface area contributed by atoms with Gasteiger partial charge in [0.2, 0.25) is 5.88 Å². The van der Waals surface area contributed by atoms with Gasteiger partial charge in [-0.2, -0.15) is 10.1 Å². The summed E-state index contributed by atoms with van der Waals surface area (Å²) in [5, 5.41) is 5.78. The van der Waals surface area contributed by atoms with Gasteiger partial charge in [-0.05, 0) is 49.9 Å². The molecule has 3 aromatic rings. The summed E-state index contributed by atoms with van der Waals surface area (Å²) in [6, 6.07) is 9.54. The summed E-state index contributed by atoms with van der Waals surface area (Å²) < 4.78 is 12.8. The second-order valence-electron chi connectivity index (χ2n) is 8.00. The van der Waals surface area contributed by atoms with Gasteiger partial charge < -0.3 is 14.4 Å². The Morgan fingerprint density at radius 1 is 1.30 bits per heavy atom. The molecule has 2 heterocycles. The fourth-order valence-electron chi connectivity index (χ4n) is 3.71. The fraction of sp³-hybridized carbons (Fsp3) is 0.435. The highest BCUT2D eigenvalue weighted by Crippen LogP contribution is 2.43. The Hall–Kier alpha value is -3.09. The van der Waals surface area contributed by atoms with Crippen LogP contribution in [0, 0.1) is 6.92 Å². The molecule has 4 rings (SSSR count). The van der Waals surface area contributed by atoms with Crippen molar-refractivity contribution in [3.63, 3.8) is 0 Å². The zero-order valence-electron chi connectivity index (χ0n) is 18.2. The zero-order chi connectivity index (χ0) is 21.4. The molecule has 158 valence electrons. The fourth-order valence-corrected chi connectivity index (χ4v) is 3.71. The highest BCUT2D eigenvalue weighted by atomic mass is 16.5. The maximum atomic E-state index is 12.7. The largest absolute Gasteiger partial charge is 0.497 e. The molecule has 1 aromatic carbocycles. The summed E-state index contributed by atoms with van der Waals surface area (Å²) in [4.78, 5) is 19.0. The molecule has 1 amide bonds. The monoisotopic (exact) mass is 408 g/mol. The lowest BCUT2D eigenvalue weighted by Crippen LogP contribution is -2.33. The molecule has 7 nitrogen and oxygen atoms in total. The van der Waals surface area contributed by atoms with E-state index in [-0.39, 0.29) is 18.6 Å². The molecule has 0 radical (unpaired) electrons. The number of pyridine rings is 1. The molecular weight excluding hydrogens is 380 g/mol. The number of hydrogen-bond donors (Lipinski definition) is 0. The number of fused-ring (bicyclic) bond motifs is 1. The number of amides is 1. The van der Waals surface area contributed by atoms with Gasteiger partial charge in [-0.15, -0.1) is 0 Å². The van der Waals surface area contributed by atoms with Crippen LogP contribution in [-0.4, -0.2) is 46.3 Å². The van der Waals surface area contributed by atoms with E-state index in [4.69, 9.17) is 9.47 Å². The van der Waals surface area contributed by atoms with E-state index >= 15 is 0 Å². The molecule has 1 atom stereocenters. The molecule has 30 heavy (non-hydrogen) atoms. The molecule has 1 aliphatic rings. The van der Waals surface area contributed by atoms with Crippen LogP contribution in [-0.2, 0) is 11.8 Å². The predicted octanol–water partition coefficient (Wildman–Crippen LogP) is 3.76. The molecule has 2 aromatic heterocycles. The van der Waals surface area contributed by atoms with Gasteiger partial charge >= 0.3 is 0 Å². The lowest BCUT2D eigenvalue weighted by Gasteiger charge is -2.25. The van der Waals surface area contributed by atoms with Gasteiger partial charge in [0.25, 0.3) is 5.91 Å². The predicted molar refractivity (Wildman–Crippen MR) is 115 cm³/mol. The van der Waals surface area contributed by atoms with Crippen molar-refractivity contribution >= 4 is 16.9 Å². The van der Waals surface area contributed by atoms with Crippen LogP contribution in [0.15, 0.2) is 30.3 Å². The SMILES string of the molecule is COc1ccc([C@H](C)N(C)C(=O)COc2cc(C)c3c(C4CC4)nn(C)c3n2)cc1. The van der Waals surface area contributed by atoms with Gasteiger partial charge in [0.15, 0.2) is 12.3 Å². The van der Waals surface area contributed by atoms with Gasteiger partial charge in [0, 0.05) is 31.5 Å². The van der Waals surface area contributed by atoms with Crippen LogP contribution in [0.2, 0.25) is 0 Å². The van der Waals surface area contributed by atoms with Crippen molar-refractivity contribution < 1.29 is 14.3 Å². The Morgan fingerprint density at radius 2 is 2.00 bits per heavy atom. The van der Waals surface area contributed by atoms with Crippen molar-refractivity contribution in [3.8, 4) is 11.6 Å². The van der Waals surface area contributed by atoms with Crippen molar-refractivity contribution in [3.05, 3.63) is 47.2 Å². The maximum absolute atomic E-state index is 12.7. The number of benzene rings is 1. The first-order chi connectivity index (χ1) is 14.4. The van der Waals surface area contributed by atoms with Crippen molar-refractivity contribution in [1.82, 2.24) is 19.7 Å². The average molecular weight is 409 g/mol. The Labute approximate surface area is 176 Å². The van der Waals surface area contributed by atoms with E-state index in [0.29, 0.717) is 11.8 Å². The Bertz CT molecular complexity index is 1070. The normalized spacial score (nSPS) is 14.6. The molecule has 1 saturated carbocycles. The Kier molecular flexibility index (Phi) is 5.37. The van der Waals surface area contributed by atoms with E-state index in [1.54, 1.807) is 19.1 Å². The number of rotatable bonds is 7. The van der Waals surface area contributed by atoms with E-state index in [9.17, 15) is 4.79 Å². The molecular formula is C23H28N4O3. The molecule has 0 aliphatic heterocycles. The van der Waals surface area contributed by atoms with E-state index in [0.717, 1.165) is 33.6 Å². The number of methoxy groups -OCH3 is 1. The maximum Gasteiger partial charge on any atom is 0.260 e. The second-order valence-corrected chi connectivity index (χ2v) is 8.00. The lowest BCUT2D eigenvalue weighted by molar-refractivity contribution is -0.134. The topological polar surface area (TPSA) is 69.5 Å². The number of hydrogen-bond acceptors (Lipinski definition) is 5. The van der Waals surface area contributed by atoms with Gasteiger partial charge in [-0.3, -0.25) is 9.48 Å². The second kappa shape index (κ2) is 7.97. The van der Waals surface area contributed by atoms with Crippen molar-refractivity contribution in [2.24, 2.45) is 7.05 Å². The number of carbonyl (C=O) groups excluding carboxylic acids is 1. The van der Waals surface area contributed by atoms with Crippen molar-refractivity contribution in [2.75, 3.05) is 20.8 Å². The van der Waals surface area contributed by atoms with E-state index in [2.05, 4.69) is 10.1 Å². The Morgan fingerprint density at radius 3 is 2.63 bits per heavy atom. The lowest BCUT2D eigenvalue weighted by atomic mass is 10.1. The summed E-state index contributed by atoms with van der Waals surface area (Å²) in [6.07, 6.45) is 2.38. The minimum Gasteiger partial charge on any atom is -0.497 e. The number of aryl methyl sites for hydroxylation is 2. The van der Waals surface area contributed by atoms with E-state index in [1.165, 1.54) is 12.8 Å². The first-order valence-corrected chi connectivity index (χ1v) is 10.3. The van der Waals surface area contributed by atoms with Crippen molar-refractivity contribution in [1.29, 1.82) is 0 Å². The number of likely N-dealkylation sites (N-methyl/N-ethyl adjacent to an activating group) is 1. The molecule has 1 aliphatic carbocycles. The van der Waals surface area contributed by atoms with Crippen LogP contribution in [0.1, 0.15) is 48.5 Å². The van der Waals surface area contributed by atoms with Gasteiger partial charge in [-0.25, -0.2) is 0 Å². The first kappa shape index (κ1) is 20.2. The van der Waals surface area contributed by atoms with Gasteiger partial charge in [0.1, 0.15) is 5.75 Å². The van der Waals surface area contributed by atoms with Crippen molar-refractivity contribution in [2.45, 2.75) is 38.6 Å². The summed E-state index contributed by atoms with van der Waals surface area (Å²) in [7, 11) is 5.32. The smallest absolute Gasteiger partial charge is 0.260 e. The summed E-state index contributed by atoms with van der Waals surface area (Å²) in [5.74, 6) is 1.68. The minimum absolute atomic E-state index is 0.0672. The highest BCUT2D eigenvalue weighted by molar-refractivity contribution is 5.84. The molecule has 0 unspecified atom stereocenters. The average Bonchev–Trinajstić information content (AvgIpc) is 3.55. The molecule has 7 heteroatoms. The number of aromatic nitrogens is 3. The van der Waals surface area contributed by atoms with Gasteiger partial charge in [0.05, 0.1) is 18.8 Å². The molecule has 0 bridgehead atoms. The summed E-state index contributed by atoms with van der Waals surface area (Å²) in [6.45, 7) is 3.97. The molecule has 0 saturated heterocycles. The van der Waals surface area contributed by atoms with Crippen LogP contribution in [0.5, 0.6) is 11.6 Å². The highest BCUT2D eigenvalue weighted by Gasteiger charge is 2.30. The number of carbonyl (C=O) groups is 1. The van der Waals surface area contributed by atoms with Gasteiger partial charge in [-0.1, -0.05) is 12.1 Å².